The fourth-order valence-corrected chi connectivity index (χ4v) is 2.66. The van der Waals surface area contributed by atoms with Gasteiger partial charge in [-0.25, -0.2) is 4.99 Å². The molecule has 0 aromatic carbocycles. The standard InChI is InChI=1S/C18H30N6O/c1-7-19-18(21-11-15-10-17(12(2)3)23-25-15)20-9-8-16-13(4)22-24(6)14(16)5/h10,12H,7-9,11H2,1-6H3,(H2,19,20,21). The molecule has 0 bridgehead atoms. The normalized spacial score (nSPS) is 12.0. The van der Waals surface area contributed by atoms with Crippen LogP contribution in [0.4, 0.5) is 0 Å². The van der Waals surface area contributed by atoms with Crippen LogP contribution in [0.15, 0.2) is 15.6 Å². The number of rotatable bonds is 7. The molecule has 0 saturated carbocycles. The quantitative estimate of drug-likeness (QED) is 0.594. The van der Waals surface area contributed by atoms with Crippen molar-refractivity contribution >= 4 is 5.96 Å². The minimum absolute atomic E-state index is 0.360. The highest BCUT2D eigenvalue weighted by molar-refractivity contribution is 5.79. The highest BCUT2D eigenvalue weighted by Crippen LogP contribution is 2.14. The number of hydrogen-bond donors (Lipinski definition) is 2. The molecule has 0 amide bonds. The van der Waals surface area contributed by atoms with E-state index < -0.39 is 0 Å². The van der Waals surface area contributed by atoms with Crippen LogP contribution < -0.4 is 10.6 Å². The topological polar surface area (TPSA) is 80.3 Å². The fraction of sp³-hybridized carbons (Fsp3) is 0.611. The van der Waals surface area contributed by atoms with Gasteiger partial charge in [-0.05, 0) is 38.7 Å². The average Bonchev–Trinajstić information content (AvgIpc) is 3.13. The zero-order chi connectivity index (χ0) is 18.4. The van der Waals surface area contributed by atoms with E-state index in [9.17, 15) is 0 Å². The van der Waals surface area contributed by atoms with Crippen molar-refractivity contribution in [2.24, 2.45) is 12.0 Å². The van der Waals surface area contributed by atoms with Crippen LogP contribution in [0.3, 0.4) is 0 Å². The Kier molecular flexibility index (Phi) is 6.61. The Labute approximate surface area is 149 Å². The predicted molar refractivity (Wildman–Crippen MR) is 99.8 cm³/mol. The second kappa shape index (κ2) is 8.69. The van der Waals surface area contributed by atoms with Crippen LogP contribution in [-0.4, -0.2) is 34.0 Å². The summed E-state index contributed by atoms with van der Waals surface area (Å²) in [6.45, 7) is 12.5. The van der Waals surface area contributed by atoms with Crippen molar-refractivity contribution in [3.8, 4) is 0 Å². The van der Waals surface area contributed by atoms with Crippen molar-refractivity contribution in [2.75, 3.05) is 13.1 Å². The summed E-state index contributed by atoms with van der Waals surface area (Å²) < 4.78 is 7.27. The van der Waals surface area contributed by atoms with Gasteiger partial charge in [-0.1, -0.05) is 19.0 Å². The maximum absolute atomic E-state index is 5.34. The summed E-state index contributed by atoms with van der Waals surface area (Å²) in [5.74, 6) is 1.92. The largest absolute Gasteiger partial charge is 0.359 e. The van der Waals surface area contributed by atoms with E-state index >= 15 is 0 Å². The van der Waals surface area contributed by atoms with Gasteiger partial charge in [0.15, 0.2) is 11.7 Å². The first-order valence-electron chi connectivity index (χ1n) is 8.89. The van der Waals surface area contributed by atoms with Crippen molar-refractivity contribution < 1.29 is 4.52 Å². The highest BCUT2D eigenvalue weighted by Gasteiger charge is 2.10. The summed E-state index contributed by atoms with van der Waals surface area (Å²) in [5, 5.41) is 15.2. The van der Waals surface area contributed by atoms with Gasteiger partial charge in [0, 0.05) is 31.9 Å². The Morgan fingerprint density at radius 1 is 1.32 bits per heavy atom. The smallest absolute Gasteiger partial charge is 0.191 e. The average molecular weight is 346 g/mol. The lowest BCUT2D eigenvalue weighted by molar-refractivity contribution is 0.376. The number of aliphatic imine (C=N–C) groups is 1. The van der Waals surface area contributed by atoms with Crippen LogP contribution in [-0.2, 0) is 20.0 Å². The van der Waals surface area contributed by atoms with E-state index in [4.69, 9.17) is 4.52 Å². The molecule has 7 heteroatoms. The molecule has 0 aliphatic carbocycles. The third-order valence-electron chi connectivity index (χ3n) is 4.23. The van der Waals surface area contributed by atoms with E-state index in [0.29, 0.717) is 12.5 Å². The molecular formula is C18H30N6O. The van der Waals surface area contributed by atoms with Crippen LogP contribution in [0.1, 0.15) is 55.1 Å². The minimum atomic E-state index is 0.360. The first-order chi connectivity index (χ1) is 11.9. The van der Waals surface area contributed by atoms with Gasteiger partial charge in [-0.15, -0.1) is 0 Å². The zero-order valence-electron chi connectivity index (χ0n) is 16.2. The highest BCUT2D eigenvalue weighted by atomic mass is 16.5. The molecular weight excluding hydrogens is 316 g/mol. The summed E-state index contributed by atoms with van der Waals surface area (Å²) in [4.78, 5) is 4.58. The van der Waals surface area contributed by atoms with Crippen LogP contribution in [0.2, 0.25) is 0 Å². The Bertz CT molecular complexity index is 713. The summed E-state index contributed by atoms with van der Waals surface area (Å²) >= 11 is 0. The van der Waals surface area contributed by atoms with E-state index in [1.165, 1.54) is 11.3 Å². The van der Waals surface area contributed by atoms with Gasteiger partial charge in [-0.2, -0.15) is 5.10 Å². The predicted octanol–water partition coefficient (Wildman–Crippen LogP) is 2.45. The number of aromatic nitrogens is 3. The van der Waals surface area contributed by atoms with Gasteiger partial charge in [0.1, 0.15) is 6.54 Å². The number of aryl methyl sites for hydroxylation is 2. The van der Waals surface area contributed by atoms with Gasteiger partial charge in [-0.3, -0.25) is 4.68 Å². The molecule has 0 radical (unpaired) electrons. The SMILES string of the molecule is CCNC(=NCc1cc(C(C)C)no1)NCCc1c(C)nn(C)c1C. The molecule has 2 rings (SSSR count). The Hall–Kier alpha value is -2.31. The van der Waals surface area contributed by atoms with Gasteiger partial charge < -0.3 is 15.2 Å². The molecule has 0 unspecified atom stereocenters. The third kappa shape index (κ3) is 5.08. The number of hydrogen-bond acceptors (Lipinski definition) is 4. The molecule has 0 spiro atoms. The molecule has 2 heterocycles. The fourth-order valence-electron chi connectivity index (χ4n) is 2.66. The van der Waals surface area contributed by atoms with Crippen LogP contribution in [0.25, 0.3) is 0 Å². The van der Waals surface area contributed by atoms with Gasteiger partial charge in [0.25, 0.3) is 0 Å². The Morgan fingerprint density at radius 2 is 2.08 bits per heavy atom. The zero-order valence-corrected chi connectivity index (χ0v) is 16.2. The Balaban J connectivity index is 1.93. The summed E-state index contributed by atoms with van der Waals surface area (Å²) in [6.07, 6.45) is 0.912. The van der Waals surface area contributed by atoms with Crippen LogP contribution in [0, 0.1) is 13.8 Å². The molecule has 0 aliphatic rings. The van der Waals surface area contributed by atoms with Crippen molar-refractivity contribution in [1.29, 1.82) is 0 Å². The van der Waals surface area contributed by atoms with E-state index in [0.717, 1.165) is 42.6 Å². The van der Waals surface area contributed by atoms with E-state index in [2.05, 4.69) is 60.5 Å². The van der Waals surface area contributed by atoms with Crippen LogP contribution >= 0.6 is 0 Å². The number of nitrogens with zero attached hydrogens (tertiary/aromatic N) is 4. The minimum Gasteiger partial charge on any atom is -0.359 e. The van der Waals surface area contributed by atoms with Gasteiger partial charge >= 0.3 is 0 Å². The molecule has 25 heavy (non-hydrogen) atoms. The molecule has 2 aromatic rings. The number of nitrogens with one attached hydrogen (secondary N) is 2. The van der Waals surface area contributed by atoms with Crippen molar-refractivity contribution in [1.82, 2.24) is 25.6 Å². The van der Waals surface area contributed by atoms with E-state index in [1.54, 1.807) is 0 Å². The second-order valence-electron chi connectivity index (χ2n) is 6.52. The first-order valence-corrected chi connectivity index (χ1v) is 8.89. The molecule has 2 N–H and O–H groups in total. The molecule has 2 aromatic heterocycles. The van der Waals surface area contributed by atoms with E-state index in [-0.39, 0.29) is 0 Å². The first kappa shape index (κ1) is 19.0. The maximum atomic E-state index is 5.34. The van der Waals surface area contributed by atoms with Gasteiger partial charge in [0.2, 0.25) is 0 Å². The third-order valence-corrected chi connectivity index (χ3v) is 4.23. The lowest BCUT2D eigenvalue weighted by Gasteiger charge is -2.11. The van der Waals surface area contributed by atoms with Crippen molar-refractivity contribution in [3.63, 3.8) is 0 Å². The molecule has 0 aliphatic heterocycles. The monoisotopic (exact) mass is 346 g/mol. The Morgan fingerprint density at radius 3 is 2.64 bits per heavy atom. The summed E-state index contributed by atoms with van der Waals surface area (Å²) in [5.41, 5.74) is 4.56. The molecule has 138 valence electrons. The summed E-state index contributed by atoms with van der Waals surface area (Å²) in [7, 11) is 1.98. The lowest BCUT2D eigenvalue weighted by atomic mass is 10.1. The second-order valence-corrected chi connectivity index (χ2v) is 6.52. The molecule has 7 nitrogen and oxygen atoms in total. The van der Waals surface area contributed by atoms with Gasteiger partial charge in [0.05, 0.1) is 11.4 Å². The maximum Gasteiger partial charge on any atom is 0.191 e. The van der Waals surface area contributed by atoms with Crippen molar-refractivity contribution in [3.05, 3.63) is 34.5 Å². The molecule has 0 fully saturated rings. The lowest BCUT2D eigenvalue weighted by Crippen LogP contribution is -2.38. The molecule has 0 atom stereocenters. The van der Waals surface area contributed by atoms with Crippen molar-refractivity contribution in [2.45, 2.75) is 53.5 Å². The van der Waals surface area contributed by atoms with Crippen LogP contribution in [0.5, 0.6) is 0 Å². The summed E-state index contributed by atoms with van der Waals surface area (Å²) in [6, 6.07) is 1.97. The molecule has 0 saturated heterocycles. The number of guanidine groups is 1. The van der Waals surface area contributed by atoms with E-state index in [1.807, 2.05) is 17.8 Å².